The first-order chi connectivity index (χ1) is 10.2. The first kappa shape index (κ1) is 15.7. The van der Waals surface area contributed by atoms with Gasteiger partial charge in [0, 0.05) is 23.9 Å². The third-order valence-corrected chi connectivity index (χ3v) is 3.42. The SMILES string of the molecule is COCCOc1ccc(NC(C)c2ccc(Cl)cc2)cc1. The predicted molar refractivity (Wildman–Crippen MR) is 87.3 cm³/mol. The third kappa shape index (κ3) is 4.96. The molecule has 0 spiro atoms. The fraction of sp³-hybridized carbons (Fsp3) is 0.294. The maximum Gasteiger partial charge on any atom is 0.119 e. The summed E-state index contributed by atoms with van der Waals surface area (Å²) in [7, 11) is 1.66. The molecule has 1 atom stereocenters. The molecule has 0 saturated carbocycles. The van der Waals surface area contributed by atoms with Crippen LogP contribution >= 0.6 is 11.6 Å². The van der Waals surface area contributed by atoms with Gasteiger partial charge in [-0.15, -0.1) is 0 Å². The van der Waals surface area contributed by atoms with Gasteiger partial charge < -0.3 is 14.8 Å². The van der Waals surface area contributed by atoms with E-state index in [4.69, 9.17) is 21.1 Å². The average Bonchev–Trinajstić information content (AvgIpc) is 2.50. The molecule has 0 fully saturated rings. The summed E-state index contributed by atoms with van der Waals surface area (Å²) in [5, 5.41) is 4.20. The molecule has 0 amide bonds. The van der Waals surface area contributed by atoms with Gasteiger partial charge in [-0.1, -0.05) is 23.7 Å². The molecule has 0 bridgehead atoms. The van der Waals surface area contributed by atoms with E-state index in [-0.39, 0.29) is 6.04 Å². The van der Waals surface area contributed by atoms with Gasteiger partial charge in [0.25, 0.3) is 0 Å². The van der Waals surface area contributed by atoms with E-state index in [9.17, 15) is 0 Å². The second-order valence-corrected chi connectivity index (χ2v) is 5.22. The molecule has 3 nitrogen and oxygen atoms in total. The van der Waals surface area contributed by atoms with E-state index in [1.165, 1.54) is 5.56 Å². The van der Waals surface area contributed by atoms with Crippen molar-refractivity contribution in [1.29, 1.82) is 0 Å². The summed E-state index contributed by atoms with van der Waals surface area (Å²) in [6.45, 7) is 3.27. The average molecular weight is 306 g/mol. The van der Waals surface area contributed by atoms with Gasteiger partial charge in [0.05, 0.1) is 6.61 Å². The van der Waals surface area contributed by atoms with Crippen LogP contribution in [0.15, 0.2) is 48.5 Å². The molecule has 1 N–H and O–H groups in total. The molecular formula is C17H20ClNO2. The van der Waals surface area contributed by atoms with Crippen LogP contribution in [0.4, 0.5) is 5.69 Å². The van der Waals surface area contributed by atoms with E-state index in [1.807, 2.05) is 48.5 Å². The Morgan fingerprint density at radius 2 is 1.67 bits per heavy atom. The number of halogens is 1. The maximum atomic E-state index is 5.90. The molecule has 4 heteroatoms. The van der Waals surface area contributed by atoms with Crippen LogP contribution in [0.25, 0.3) is 0 Å². The lowest BCUT2D eigenvalue weighted by Crippen LogP contribution is -2.07. The molecule has 0 radical (unpaired) electrons. The van der Waals surface area contributed by atoms with Gasteiger partial charge in [-0.25, -0.2) is 0 Å². The van der Waals surface area contributed by atoms with E-state index in [1.54, 1.807) is 7.11 Å². The van der Waals surface area contributed by atoms with Crippen LogP contribution in [0.3, 0.4) is 0 Å². The molecule has 21 heavy (non-hydrogen) atoms. The van der Waals surface area contributed by atoms with Crippen molar-refractivity contribution in [3.8, 4) is 5.75 Å². The summed E-state index contributed by atoms with van der Waals surface area (Å²) >= 11 is 5.90. The van der Waals surface area contributed by atoms with Crippen molar-refractivity contribution >= 4 is 17.3 Å². The normalized spacial score (nSPS) is 12.0. The van der Waals surface area contributed by atoms with Gasteiger partial charge >= 0.3 is 0 Å². The lowest BCUT2D eigenvalue weighted by Gasteiger charge is -2.16. The molecule has 2 aromatic rings. The Hall–Kier alpha value is -1.71. The van der Waals surface area contributed by atoms with Crippen molar-refractivity contribution in [2.24, 2.45) is 0 Å². The zero-order valence-electron chi connectivity index (χ0n) is 12.3. The number of hydrogen-bond donors (Lipinski definition) is 1. The summed E-state index contributed by atoms with van der Waals surface area (Å²) in [6, 6.07) is 16.0. The number of rotatable bonds is 7. The van der Waals surface area contributed by atoms with Crippen LogP contribution in [-0.4, -0.2) is 20.3 Å². The van der Waals surface area contributed by atoms with Crippen molar-refractivity contribution in [2.75, 3.05) is 25.6 Å². The zero-order chi connectivity index (χ0) is 15.1. The Kier molecular flexibility index (Phi) is 5.90. The van der Waals surface area contributed by atoms with Gasteiger partial charge in [0.2, 0.25) is 0 Å². The molecule has 0 aliphatic heterocycles. The van der Waals surface area contributed by atoms with Crippen LogP contribution in [0.1, 0.15) is 18.5 Å². The molecule has 0 saturated heterocycles. The molecule has 2 rings (SSSR count). The highest BCUT2D eigenvalue weighted by Crippen LogP contribution is 2.22. The van der Waals surface area contributed by atoms with Crippen LogP contribution in [0.2, 0.25) is 5.02 Å². The number of ether oxygens (including phenoxy) is 2. The van der Waals surface area contributed by atoms with Gasteiger partial charge in [0.1, 0.15) is 12.4 Å². The number of anilines is 1. The fourth-order valence-corrected chi connectivity index (χ4v) is 2.10. The monoisotopic (exact) mass is 305 g/mol. The number of hydrogen-bond acceptors (Lipinski definition) is 3. The van der Waals surface area contributed by atoms with E-state index < -0.39 is 0 Å². The topological polar surface area (TPSA) is 30.5 Å². The molecule has 0 aliphatic carbocycles. The van der Waals surface area contributed by atoms with Crippen LogP contribution in [0, 0.1) is 0 Å². The summed E-state index contributed by atoms with van der Waals surface area (Å²) in [4.78, 5) is 0. The minimum Gasteiger partial charge on any atom is -0.491 e. The van der Waals surface area contributed by atoms with Crippen molar-refractivity contribution in [2.45, 2.75) is 13.0 Å². The quantitative estimate of drug-likeness (QED) is 0.762. The number of nitrogens with one attached hydrogen (secondary N) is 1. The lowest BCUT2D eigenvalue weighted by atomic mass is 10.1. The second-order valence-electron chi connectivity index (χ2n) is 4.78. The Labute approximate surface area is 130 Å². The van der Waals surface area contributed by atoms with Crippen LogP contribution in [-0.2, 0) is 4.74 Å². The highest BCUT2D eigenvalue weighted by atomic mass is 35.5. The Bertz CT molecular complexity index is 540. The van der Waals surface area contributed by atoms with Crippen LogP contribution in [0.5, 0.6) is 5.75 Å². The van der Waals surface area contributed by atoms with Crippen molar-refractivity contribution in [1.82, 2.24) is 0 Å². The van der Waals surface area contributed by atoms with Crippen molar-refractivity contribution < 1.29 is 9.47 Å². The summed E-state index contributed by atoms with van der Waals surface area (Å²) in [6.07, 6.45) is 0. The summed E-state index contributed by atoms with van der Waals surface area (Å²) < 4.78 is 10.5. The Morgan fingerprint density at radius 1 is 1.00 bits per heavy atom. The van der Waals surface area contributed by atoms with Gasteiger partial charge in [-0.05, 0) is 48.9 Å². The van der Waals surface area contributed by atoms with Crippen molar-refractivity contribution in [3.05, 3.63) is 59.1 Å². The molecule has 1 unspecified atom stereocenters. The fourth-order valence-electron chi connectivity index (χ4n) is 1.98. The summed E-state index contributed by atoms with van der Waals surface area (Å²) in [5.41, 5.74) is 2.25. The predicted octanol–water partition coefficient (Wildman–Crippen LogP) is 4.54. The molecule has 112 valence electrons. The van der Waals surface area contributed by atoms with E-state index in [0.29, 0.717) is 13.2 Å². The molecule has 2 aromatic carbocycles. The first-order valence-electron chi connectivity index (χ1n) is 6.93. The molecular weight excluding hydrogens is 286 g/mol. The van der Waals surface area contributed by atoms with E-state index in [0.717, 1.165) is 16.5 Å². The highest BCUT2D eigenvalue weighted by molar-refractivity contribution is 6.30. The first-order valence-corrected chi connectivity index (χ1v) is 7.30. The van der Waals surface area contributed by atoms with Gasteiger partial charge in [-0.2, -0.15) is 0 Å². The minimum atomic E-state index is 0.211. The lowest BCUT2D eigenvalue weighted by molar-refractivity contribution is 0.146. The summed E-state index contributed by atoms with van der Waals surface area (Å²) in [5.74, 6) is 0.844. The number of benzene rings is 2. The minimum absolute atomic E-state index is 0.211. The van der Waals surface area contributed by atoms with Crippen LogP contribution < -0.4 is 10.1 Å². The van der Waals surface area contributed by atoms with Gasteiger partial charge in [-0.3, -0.25) is 0 Å². The number of methoxy groups -OCH3 is 1. The van der Waals surface area contributed by atoms with E-state index >= 15 is 0 Å². The second kappa shape index (κ2) is 7.91. The maximum absolute atomic E-state index is 5.90. The zero-order valence-corrected chi connectivity index (χ0v) is 13.1. The largest absolute Gasteiger partial charge is 0.491 e. The van der Waals surface area contributed by atoms with Gasteiger partial charge in [0.15, 0.2) is 0 Å². The smallest absolute Gasteiger partial charge is 0.119 e. The standard InChI is InChI=1S/C17H20ClNO2/c1-13(14-3-5-15(18)6-4-14)19-16-7-9-17(10-8-16)21-12-11-20-2/h3-10,13,19H,11-12H2,1-2H3. The Morgan fingerprint density at radius 3 is 2.29 bits per heavy atom. The Balaban J connectivity index is 1.91. The third-order valence-electron chi connectivity index (χ3n) is 3.16. The highest BCUT2D eigenvalue weighted by Gasteiger charge is 2.05. The molecule has 0 heterocycles. The molecule has 0 aliphatic rings. The molecule has 0 aromatic heterocycles. The van der Waals surface area contributed by atoms with E-state index in [2.05, 4.69) is 12.2 Å². The van der Waals surface area contributed by atoms with Crippen molar-refractivity contribution in [3.63, 3.8) is 0 Å².